The first-order valence-electron chi connectivity index (χ1n) is 7.86. The fourth-order valence-electron chi connectivity index (χ4n) is 2.60. The third kappa shape index (κ3) is 3.95. The average Bonchev–Trinajstić information content (AvgIpc) is 3.01. The quantitative estimate of drug-likeness (QED) is 0.465. The maximum absolute atomic E-state index is 13.4. The molecular weight excluding hydrogens is 385 g/mol. The van der Waals surface area contributed by atoms with Gasteiger partial charge in [0.1, 0.15) is 0 Å². The molecule has 0 radical (unpaired) electrons. The van der Waals surface area contributed by atoms with Gasteiger partial charge in [-0.1, -0.05) is 30.3 Å². The first-order chi connectivity index (χ1) is 13.2. The fourth-order valence-corrected chi connectivity index (χ4v) is 2.60. The summed E-state index contributed by atoms with van der Waals surface area (Å²) in [6.45, 7) is 0. The predicted octanol–water partition coefficient (Wildman–Crippen LogP) is 3.80. The van der Waals surface area contributed by atoms with Gasteiger partial charge in [-0.15, -0.1) is 0 Å². The Bertz CT molecular complexity index is 1030. The van der Waals surface area contributed by atoms with Gasteiger partial charge in [0.2, 0.25) is 0 Å². The minimum atomic E-state index is -4.83. The van der Waals surface area contributed by atoms with Crippen molar-refractivity contribution in [2.75, 3.05) is 5.32 Å². The van der Waals surface area contributed by atoms with Crippen LogP contribution in [0.4, 0.5) is 27.6 Å². The first-order valence-corrected chi connectivity index (χ1v) is 7.86. The van der Waals surface area contributed by atoms with Gasteiger partial charge < -0.3 is 15.6 Å². The van der Waals surface area contributed by atoms with Crippen molar-refractivity contribution >= 4 is 28.4 Å². The summed E-state index contributed by atoms with van der Waals surface area (Å²) in [5.41, 5.74) is -0.204. The fraction of sp³-hybridized carbons (Fsp3) is 0.111. The van der Waals surface area contributed by atoms with Crippen molar-refractivity contribution in [2.24, 2.45) is 0 Å². The lowest BCUT2D eigenvalue weighted by Gasteiger charge is -2.21. The van der Waals surface area contributed by atoms with Crippen molar-refractivity contribution < 1.29 is 31.5 Å². The van der Waals surface area contributed by atoms with Crippen LogP contribution in [0.5, 0.6) is 0 Å². The highest BCUT2D eigenvalue weighted by Gasteiger charge is 2.42. The number of carbonyl (C=O) groups is 2. The van der Waals surface area contributed by atoms with Crippen LogP contribution in [0, 0.1) is 11.6 Å². The van der Waals surface area contributed by atoms with Crippen LogP contribution in [-0.4, -0.2) is 23.0 Å². The average molecular weight is 397 g/mol. The number of benzene rings is 2. The number of H-pyrrole nitrogens is 1. The minimum absolute atomic E-state index is 0.0514. The largest absolute Gasteiger partial charge is 0.412 e. The molecule has 1 aromatic heterocycles. The summed E-state index contributed by atoms with van der Waals surface area (Å²) in [7, 11) is 0. The smallest absolute Gasteiger partial charge is 0.359 e. The summed E-state index contributed by atoms with van der Waals surface area (Å²) in [5.74, 6) is -5.24. The zero-order valence-corrected chi connectivity index (χ0v) is 13.9. The number of alkyl halides is 3. The minimum Gasteiger partial charge on any atom is -0.359 e. The highest BCUT2D eigenvalue weighted by molar-refractivity contribution is 6.40. The first kappa shape index (κ1) is 19.3. The number of nitrogens with one attached hydrogen (secondary N) is 3. The van der Waals surface area contributed by atoms with E-state index in [0.29, 0.717) is 0 Å². The summed E-state index contributed by atoms with van der Waals surface area (Å²) in [4.78, 5) is 26.6. The van der Waals surface area contributed by atoms with Crippen molar-refractivity contribution in [3.05, 3.63) is 65.9 Å². The molecule has 0 aliphatic rings. The van der Waals surface area contributed by atoms with Crippen LogP contribution in [0.1, 0.15) is 11.6 Å². The molecule has 0 aliphatic carbocycles. The van der Waals surface area contributed by atoms with Crippen LogP contribution in [-0.2, 0) is 9.59 Å². The lowest BCUT2D eigenvalue weighted by atomic mass is 10.1. The van der Waals surface area contributed by atoms with Crippen molar-refractivity contribution in [2.45, 2.75) is 12.2 Å². The molecule has 0 saturated carbocycles. The van der Waals surface area contributed by atoms with Gasteiger partial charge in [0.05, 0.1) is 11.2 Å². The van der Waals surface area contributed by atoms with E-state index in [9.17, 15) is 31.5 Å². The van der Waals surface area contributed by atoms with Gasteiger partial charge in [0.15, 0.2) is 17.7 Å². The van der Waals surface area contributed by atoms with Gasteiger partial charge in [-0.05, 0) is 11.6 Å². The third-order valence-corrected chi connectivity index (χ3v) is 3.91. The number of rotatable bonds is 3. The molecule has 0 aliphatic heterocycles. The summed E-state index contributed by atoms with van der Waals surface area (Å²) in [5, 5.41) is 3.77. The van der Waals surface area contributed by atoms with E-state index in [0.717, 1.165) is 30.5 Å². The molecule has 0 bridgehead atoms. The Morgan fingerprint density at radius 2 is 1.61 bits per heavy atom. The van der Waals surface area contributed by atoms with Crippen LogP contribution in [0.25, 0.3) is 10.9 Å². The number of anilines is 1. The predicted molar refractivity (Wildman–Crippen MR) is 90.2 cm³/mol. The molecule has 28 heavy (non-hydrogen) atoms. The molecule has 5 nitrogen and oxygen atoms in total. The van der Waals surface area contributed by atoms with E-state index in [1.165, 1.54) is 18.2 Å². The van der Waals surface area contributed by atoms with E-state index in [2.05, 4.69) is 10.3 Å². The topological polar surface area (TPSA) is 74.0 Å². The molecule has 0 unspecified atom stereocenters. The lowest BCUT2D eigenvalue weighted by molar-refractivity contribution is -0.164. The second kappa shape index (κ2) is 7.29. The number of amides is 2. The second-order valence-electron chi connectivity index (χ2n) is 5.83. The zero-order chi connectivity index (χ0) is 20.5. The number of hydrogen-bond acceptors (Lipinski definition) is 2. The Labute approximate surface area is 154 Å². The van der Waals surface area contributed by atoms with Crippen LogP contribution in [0.2, 0.25) is 0 Å². The molecule has 0 spiro atoms. The second-order valence-corrected chi connectivity index (χ2v) is 5.83. The van der Waals surface area contributed by atoms with Crippen LogP contribution < -0.4 is 10.6 Å². The molecule has 0 fully saturated rings. The normalized spacial score (nSPS) is 12.6. The Morgan fingerprint density at radius 1 is 0.964 bits per heavy atom. The number of fused-ring (bicyclic) bond motifs is 1. The van der Waals surface area contributed by atoms with Gasteiger partial charge in [0, 0.05) is 17.6 Å². The molecule has 1 atom stereocenters. The molecule has 10 heteroatoms. The summed E-state index contributed by atoms with van der Waals surface area (Å²) < 4.78 is 66.4. The van der Waals surface area contributed by atoms with Crippen molar-refractivity contribution in [3.8, 4) is 0 Å². The number of carbonyl (C=O) groups excluding carboxylic acids is 2. The Balaban J connectivity index is 1.79. The van der Waals surface area contributed by atoms with Crippen molar-refractivity contribution in [1.82, 2.24) is 10.3 Å². The van der Waals surface area contributed by atoms with E-state index in [1.54, 1.807) is 5.32 Å². The highest BCUT2D eigenvalue weighted by atomic mass is 19.4. The van der Waals surface area contributed by atoms with Crippen LogP contribution >= 0.6 is 0 Å². The maximum Gasteiger partial charge on any atom is 0.412 e. The van der Waals surface area contributed by atoms with E-state index >= 15 is 0 Å². The Morgan fingerprint density at radius 3 is 2.25 bits per heavy atom. The number of aromatic nitrogens is 1. The van der Waals surface area contributed by atoms with Gasteiger partial charge in [-0.3, -0.25) is 9.59 Å². The number of hydrogen-bond donors (Lipinski definition) is 3. The van der Waals surface area contributed by atoms with Crippen molar-refractivity contribution in [1.29, 1.82) is 0 Å². The van der Waals surface area contributed by atoms with Gasteiger partial charge >= 0.3 is 18.0 Å². The van der Waals surface area contributed by atoms with Gasteiger partial charge in [-0.2, -0.15) is 13.2 Å². The molecule has 1 heterocycles. The molecule has 3 N–H and O–H groups in total. The number of aromatic amines is 1. The standard InChI is InChI=1S/C18H12F5N3O2/c19-11-6-10-13(7-12(11)20)24-8-14(10)25-16(27)17(28)26-15(18(21,22)23)9-4-2-1-3-5-9/h1-8,15,24H,(H,25,27)(H,26,28)/t15-/m1/s1. The van der Waals surface area contributed by atoms with Gasteiger partial charge in [0.25, 0.3) is 0 Å². The molecule has 2 aromatic carbocycles. The third-order valence-electron chi connectivity index (χ3n) is 3.91. The summed E-state index contributed by atoms with van der Waals surface area (Å²) >= 11 is 0. The zero-order valence-electron chi connectivity index (χ0n) is 13.9. The van der Waals surface area contributed by atoms with Crippen LogP contribution in [0.15, 0.2) is 48.7 Å². The monoisotopic (exact) mass is 397 g/mol. The Hall–Kier alpha value is -3.43. The Kier molecular flexibility index (Phi) is 5.04. The molecule has 3 aromatic rings. The highest BCUT2D eigenvalue weighted by Crippen LogP contribution is 2.32. The molecule has 0 saturated heterocycles. The molecule has 146 valence electrons. The van der Waals surface area contributed by atoms with Gasteiger partial charge in [-0.25, -0.2) is 8.78 Å². The summed E-state index contributed by atoms with van der Waals surface area (Å²) in [6, 6.07) is 5.79. The molecular formula is C18H12F5N3O2. The molecule has 3 rings (SSSR count). The lowest BCUT2D eigenvalue weighted by Crippen LogP contribution is -2.43. The van der Waals surface area contributed by atoms with E-state index < -0.39 is 35.7 Å². The van der Waals surface area contributed by atoms with E-state index in [4.69, 9.17) is 0 Å². The van der Waals surface area contributed by atoms with Crippen LogP contribution in [0.3, 0.4) is 0 Å². The van der Waals surface area contributed by atoms with E-state index in [-0.39, 0.29) is 22.2 Å². The SMILES string of the molecule is O=C(Nc1c[nH]c2cc(F)c(F)cc12)C(=O)N[C@H](c1ccccc1)C(F)(F)F. The molecule has 2 amide bonds. The number of halogens is 5. The van der Waals surface area contributed by atoms with Crippen molar-refractivity contribution in [3.63, 3.8) is 0 Å². The van der Waals surface area contributed by atoms with E-state index in [1.807, 2.05) is 0 Å². The maximum atomic E-state index is 13.4. The summed E-state index contributed by atoms with van der Waals surface area (Å²) in [6.07, 6.45) is -3.67.